The van der Waals surface area contributed by atoms with E-state index in [2.05, 4.69) is 45.4 Å². The Morgan fingerprint density at radius 3 is 2.61 bits per heavy atom. The van der Waals surface area contributed by atoms with Gasteiger partial charge in [-0.05, 0) is 70.3 Å². The van der Waals surface area contributed by atoms with E-state index in [-0.39, 0.29) is 0 Å². The zero-order valence-corrected chi connectivity index (χ0v) is 14.6. The highest BCUT2D eigenvalue weighted by atomic mass is 15.2. The molecule has 0 aromatic heterocycles. The molecule has 3 nitrogen and oxygen atoms in total. The van der Waals surface area contributed by atoms with Gasteiger partial charge >= 0.3 is 0 Å². The van der Waals surface area contributed by atoms with Gasteiger partial charge in [0, 0.05) is 25.7 Å². The van der Waals surface area contributed by atoms with E-state index >= 15 is 0 Å². The normalized spacial score (nSPS) is 22.7. The van der Waals surface area contributed by atoms with Crippen molar-refractivity contribution in [2.45, 2.75) is 44.6 Å². The van der Waals surface area contributed by atoms with E-state index in [4.69, 9.17) is 0 Å². The predicted octanol–water partition coefficient (Wildman–Crippen LogP) is 2.77. The molecule has 0 bridgehead atoms. The monoisotopic (exact) mass is 315 g/mol. The SMILES string of the molecule is c1ccc(CCCN(CCN2CCCC2)C2CCCNC2)cc1. The second kappa shape index (κ2) is 9.41. The van der Waals surface area contributed by atoms with Gasteiger partial charge in [0.2, 0.25) is 0 Å². The van der Waals surface area contributed by atoms with Crippen molar-refractivity contribution in [2.75, 3.05) is 45.8 Å². The molecule has 0 saturated carbocycles. The maximum absolute atomic E-state index is 3.60. The molecular weight excluding hydrogens is 282 g/mol. The molecule has 1 unspecified atom stereocenters. The zero-order valence-electron chi connectivity index (χ0n) is 14.6. The number of hydrogen-bond donors (Lipinski definition) is 1. The number of rotatable bonds is 8. The van der Waals surface area contributed by atoms with Crippen molar-refractivity contribution >= 4 is 0 Å². The summed E-state index contributed by atoms with van der Waals surface area (Å²) in [5.41, 5.74) is 1.48. The van der Waals surface area contributed by atoms with Gasteiger partial charge in [0.1, 0.15) is 0 Å². The van der Waals surface area contributed by atoms with Crippen LogP contribution in [0.4, 0.5) is 0 Å². The van der Waals surface area contributed by atoms with E-state index < -0.39 is 0 Å². The molecule has 128 valence electrons. The van der Waals surface area contributed by atoms with Crippen LogP contribution in [0.2, 0.25) is 0 Å². The van der Waals surface area contributed by atoms with Gasteiger partial charge in [-0.15, -0.1) is 0 Å². The molecule has 23 heavy (non-hydrogen) atoms. The van der Waals surface area contributed by atoms with Crippen molar-refractivity contribution in [3.05, 3.63) is 35.9 Å². The van der Waals surface area contributed by atoms with Crippen molar-refractivity contribution in [1.82, 2.24) is 15.1 Å². The first-order valence-corrected chi connectivity index (χ1v) is 9.63. The quantitative estimate of drug-likeness (QED) is 0.796. The summed E-state index contributed by atoms with van der Waals surface area (Å²) >= 11 is 0. The summed E-state index contributed by atoms with van der Waals surface area (Å²) < 4.78 is 0. The summed E-state index contributed by atoms with van der Waals surface area (Å²) in [6.45, 7) is 8.80. The van der Waals surface area contributed by atoms with Gasteiger partial charge in [-0.2, -0.15) is 0 Å². The Kier molecular flexibility index (Phi) is 6.93. The first-order chi connectivity index (χ1) is 11.4. The molecule has 0 aliphatic carbocycles. The van der Waals surface area contributed by atoms with Crippen molar-refractivity contribution in [3.8, 4) is 0 Å². The average molecular weight is 316 g/mol. The van der Waals surface area contributed by atoms with Crippen molar-refractivity contribution < 1.29 is 0 Å². The maximum Gasteiger partial charge on any atom is 0.0221 e. The molecule has 2 heterocycles. The Balaban J connectivity index is 1.46. The van der Waals surface area contributed by atoms with Gasteiger partial charge in [-0.1, -0.05) is 30.3 Å². The lowest BCUT2D eigenvalue weighted by Gasteiger charge is -2.35. The number of benzene rings is 1. The number of hydrogen-bond acceptors (Lipinski definition) is 3. The Morgan fingerprint density at radius 2 is 1.87 bits per heavy atom. The summed E-state index contributed by atoms with van der Waals surface area (Å²) in [5.74, 6) is 0. The third-order valence-corrected chi connectivity index (χ3v) is 5.44. The lowest BCUT2D eigenvalue weighted by molar-refractivity contribution is 0.145. The van der Waals surface area contributed by atoms with Crippen LogP contribution in [0.15, 0.2) is 30.3 Å². The fourth-order valence-electron chi connectivity index (χ4n) is 4.03. The standard InChI is InChI=1S/C20H33N3/c1-2-8-19(9-3-1)10-7-15-23(20-11-6-12-21-18-20)17-16-22-13-4-5-14-22/h1-3,8-9,20-21H,4-7,10-18H2. The van der Waals surface area contributed by atoms with Crippen LogP contribution in [0.1, 0.15) is 37.7 Å². The molecule has 1 N–H and O–H groups in total. The Labute approximate surface area is 142 Å². The molecule has 1 atom stereocenters. The molecule has 2 fully saturated rings. The van der Waals surface area contributed by atoms with Gasteiger partial charge in [-0.25, -0.2) is 0 Å². The van der Waals surface area contributed by atoms with Gasteiger partial charge in [0.25, 0.3) is 0 Å². The van der Waals surface area contributed by atoms with Gasteiger partial charge in [-0.3, -0.25) is 4.90 Å². The van der Waals surface area contributed by atoms with Crippen LogP contribution in [0.5, 0.6) is 0 Å². The van der Waals surface area contributed by atoms with E-state index in [0.29, 0.717) is 0 Å². The summed E-state index contributed by atoms with van der Waals surface area (Å²) in [4.78, 5) is 5.42. The molecule has 2 aliphatic rings. The van der Waals surface area contributed by atoms with Crippen molar-refractivity contribution in [3.63, 3.8) is 0 Å². The molecule has 1 aromatic carbocycles. The minimum atomic E-state index is 0.752. The van der Waals surface area contributed by atoms with Crippen LogP contribution < -0.4 is 5.32 Å². The minimum Gasteiger partial charge on any atom is -0.315 e. The zero-order chi connectivity index (χ0) is 15.7. The summed E-state index contributed by atoms with van der Waals surface area (Å²) in [7, 11) is 0. The van der Waals surface area contributed by atoms with Crippen LogP contribution >= 0.6 is 0 Å². The Hall–Kier alpha value is -0.900. The number of piperidine rings is 1. The minimum absolute atomic E-state index is 0.752. The number of nitrogens with zero attached hydrogens (tertiary/aromatic N) is 2. The highest BCUT2D eigenvalue weighted by Gasteiger charge is 2.21. The summed E-state index contributed by atoms with van der Waals surface area (Å²) in [6.07, 6.45) is 8.00. The van der Waals surface area contributed by atoms with E-state index in [9.17, 15) is 0 Å². The van der Waals surface area contributed by atoms with Gasteiger partial charge in [0.05, 0.1) is 0 Å². The van der Waals surface area contributed by atoms with E-state index in [1.165, 1.54) is 89.9 Å². The maximum atomic E-state index is 3.60. The molecular formula is C20H33N3. The Morgan fingerprint density at radius 1 is 1.04 bits per heavy atom. The van der Waals surface area contributed by atoms with Crippen LogP contribution in [0, 0.1) is 0 Å². The van der Waals surface area contributed by atoms with Crippen molar-refractivity contribution in [2.24, 2.45) is 0 Å². The number of nitrogens with one attached hydrogen (secondary N) is 1. The lowest BCUT2D eigenvalue weighted by Crippen LogP contribution is -2.48. The highest BCUT2D eigenvalue weighted by Crippen LogP contribution is 2.14. The van der Waals surface area contributed by atoms with Crippen LogP contribution in [-0.2, 0) is 6.42 Å². The molecule has 3 heteroatoms. The van der Waals surface area contributed by atoms with Crippen LogP contribution in [-0.4, -0.2) is 61.7 Å². The molecule has 2 saturated heterocycles. The van der Waals surface area contributed by atoms with E-state index in [1.54, 1.807) is 0 Å². The second-order valence-corrected chi connectivity index (χ2v) is 7.17. The highest BCUT2D eigenvalue weighted by molar-refractivity contribution is 5.14. The molecule has 1 aromatic rings. The molecule has 0 amide bonds. The van der Waals surface area contributed by atoms with Gasteiger partial charge in [0.15, 0.2) is 0 Å². The third-order valence-electron chi connectivity index (χ3n) is 5.44. The molecule has 3 rings (SSSR count). The van der Waals surface area contributed by atoms with E-state index in [1.807, 2.05) is 0 Å². The molecule has 0 radical (unpaired) electrons. The van der Waals surface area contributed by atoms with Crippen LogP contribution in [0.3, 0.4) is 0 Å². The number of aryl methyl sites for hydroxylation is 1. The topological polar surface area (TPSA) is 18.5 Å². The van der Waals surface area contributed by atoms with Crippen LogP contribution in [0.25, 0.3) is 0 Å². The number of likely N-dealkylation sites (tertiary alicyclic amines) is 1. The summed E-state index contributed by atoms with van der Waals surface area (Å²) in [5, 5.41) is 3.60. The average Bonchev–Trinajstić information content (AvgIpc) is 3.13. The fraction of sp³-hybridized carbons (Fsp3) is 0.700. The lowest BCUT2D eigenvalue weighted by atomic mass is 10.0. The summed E-state index contributed by atoms with van der Waals surface area (Å²) in [6, 6.07) is 11.7. The van der Waals surface area contributed by atoms with E-state index in [0.717, 1.165) is 6.04 Å². The second-order valence-electron chi connectivity index (χ2n) is 7.17. The predicted molar refractivity (Wildman–Crippen MR) is 97.9 cm³/mol. The Bertz CT molecular complexity index is 422. The largest absolute Gasteiger partial charge is 0.315 e. The molecule has 0 spiro atoms. The van der Waals surface area contributed by atoms with Crippen molar-refractivity contribution in [1.29, 1.82) is 0 Å². The smallest absolute Gasteiger partial charge is 0.0221 e. The fourth-order valence-corrected chi connectivity index (χ4v) is 4.03. The first kappa shape index (κ1) is 16.9. The van der Waals surface area contributed by atoms with Gasteiger partial charge < -0.3 is 10.2 Å². The first-order valence-electron chi connectivity index (χ1n) is 9.63. The third kappa shape index (κ3) is 5.59. The molecule has 2 aliphatic heterocycles.